The van der Waals surface area contributed by atoms with E-state index in [-0.39, 0.29) is 12.4 Å². The summed E-state index contributed by atoms with van der Waals surface area (Å²) >= 11 is 0. The molecule has 0 fully saturated rings. The summed E-state index contributed by atoms with van der Waals surface area (Å²) in [5, 5.41) is 0. The molecule has 18 heavy (non-hydrogen) atoms. The fourth-order valence-electron chi connectivity index (χ4n) is 1.57. The second-order valence-corrected chi connectivity index (χ2v) is 4.01. The number of ether oxygens (including phenoxy) is 2. The molecular weight excluding hydrogens is 232 g/mol. The number of carbonyl (C=O) groups excluding carboxylic acids is 2. The Morgan fingerprint density at radius 1 is 1.17 bits per heavy atom. The minimum atomic E-state index is -0.732. The largest absolute Gasteiger partial charge is 0.463 e. The van der Waals surface area contributed by atoms with Gasteiger partial charge in [-0.1, -0.05) is 30.3 Å². The summed E-state index contributed by atoms with van der Waals surface area (Å²) in [4.78, 5) is 23.3. The van der Waals surface area contributed by atoms with Crippen LogP contribution in [0.15, 0.2) is 30.3 Å². The Hall–Kier alpha value is -1.68. The van der Waals surface area contributed by atoms with Gasteiger partial charge >= 0.3 is 5.97 Å². The Morgan fingerprint density at radius 2 is 1.83 bits per heavy atom. The number of hydrogen-bond donors (Lipinski definition) is 0. The minimum absolute atomic E-state index is 0.175. The van der Waals surface area contributed by atoms with Crippen molar-refractivity contribution in [2.24, 2.45) is 5.92 Å². The lowest BCUT2D eigenvalue weighted by Gasteiger charge is -2.13. The van der Waals surface area contributed by atoms with Crippen LogP contribution in [0, 0.1) is 5.92 Å². The molecule has 0 aliphatic carbocycles. The van der Waals surface area contributed by atoms with Crippen molar-refractivity contribution in [2.45, 2.75) is 13.3 Å². The van der Waals surface area contributed by atoms with Gasteiger partial charge in [0, 0.05) is 7.11 Å². The van der Waals surface area contributed by atoms with Gasteiger partial charge in [0.1, 0.15) is 18.3 Å². The summed E-state index contributed by atoms with van der Waals surface area (Å²) in [6, 6.07) is 9.42. The van der Waals surface area contributed by atoms with Crippen LogP contribution in [0.5, 0.6) is 0 Å². The summed E-state index contributed by atoms with van der Waals surface area (Å²) in [7, 11) is 1.53. The van der Waals surface area contributed by atoms with E-state index >= 15 is 0 Å². The van der Waals surface area contributed by atoms with Crippen molar-refractivity contribution in [1.82, 2.24) is 0 Å². The zero-order valence-electron chi connectivity index (χ0n) is 10.7. The summed E-state index contributed by atoms with van der Waals surface area (Å²) in [6.45, 7) is 1.92. The maximum Gasteiger partial charge on any atom is 0.316 e. The van der Waals surface area contributed by atoms with Crippen LogP contribution < -0.4 is 0 Å². The maximum atomic E-state index is 11.8. The average molecular weight is 250 g/mol. The summed E-state index contributed by atoms with van der Waals surface area (Å²) in [5.74, 6) is -1.39. The van der Waals surface area contributed by atoms with E-state index in [0.29, 0.717) is 13.0 Å². The van der Waals surface area contributed by atoms with Crippen LogP contribution in [-0.2, 0) is 25.5 Å². The highest BCUT2D eigenvalue weighted by Gasteiger charge is 2.25. The summed E-state index contributed by atoms with van der Waals surface area (Å²) in [5.41, 5.74) is 0.946. The van der Waals surface area contributed by atoms with Gasteiger partial charge in [0.25, 0.3) is 0 Å². The quantitative estimate of drug-likeness (QED) is 0.419. The van der Waals surface area contributed by atoms with Gasteiger partial charge in [0.15, 0.2) is 0 Å². The predicted molar refractivity (Wildman–Crippen MR) is 67.2 cm³/mol. The van der Waals surface area contributed by atoms with Gasteiger partial charge in [-0.25, -0.2) is 0 Å². The molecule has 4 nitrogen and oxygen atoms in total. The van der Waals surface area contributed by atoms with Gasteiger partial charge in [-0.05, 0) is 18.9 Å². The lowest BCUT2D eigenvalue weighted by Crippen LogP contribution is -2.27. The number of esters is 1. The van der Waals surface area contributed by atoms with E-state index in [1.807, 2.05) is 30.3 Å². The summed E-state index contributed by atoms with van der Waals surface area (Å²) < 4.78 is 9.78. The smallest absolute Gasteiger partial charge is 0.316 e. The molecule has 1 aromatic rings. The molecule has 0 aliphatic heterocycles. The van der Waals surface area contributed by atoms with Gasteiger partial charge in [-0.3, -0.25) is 9.59 Å². The molecule has 0 bridgehead atoms. The third-order valence-corrected chi connectivity index (χ3v) is 2.59. The SMILES string of the molecule is COCCOC(=O)C(Cc1ccccc1)C(C)=O. The van der Waals surface area contributed by atoms with E-state index in [1.54, 1.807) is 0 Å². The first-order valence-corrected chi connectivity index (χ1v) is 5.85. The summed E-state index contributed by atoms with van der Waals surface area (Å²) in [6.07, 6.45) is 0.377. The van der Waals surface area contributed by atoms with Crippen molar-refractivity contribution >= 4 is 11.8 Å². The minimum Gasteiger partial charge on any atom is -0.463 e. The molecule has 0 aliphatic rings. The standard InChI is InChI=1S/C14H18O4/c1-11(15)13(14(16)18-9-8-17-2)10-12-6-4-3-5-7-12/h3-7,13H,8-10H2,1-2H3. The van der Waals surface area contributed by atoms with Crippen LogP contribution in [0.3, 0.4) is 0 Å². The van der Waals surface area contributed by atoms with Crippen LogP contribution >= 0.6 is 0 Å². The first-order valence-electron chi connectivity index (χ1n) is 5.85. The van der Waals surface area contributed by atoms with Gasteiger partial charge in [-0.2, -0.15) is 0 Å². The maximum absolute atomic E-state index is 11.8. The van der Waals surface area contributed by atoms with Crippen LogP contribution in [0.2, 0.25) is 0 Å². The number of hydrogen-bond acceptors (Lipinski definition) is 4. The van der Waals surface area contributed by atoms with E-state index in [2.05, 4.69) is 0 Å². The molecule has 0 N–H and O–H groups in total. The monoisotopic (exact) mass is 250 g/mol. The van der Waals surface area contributed by atoms with E-state index in [9.17, 15) is 9.59 Å². The molecule has 1 atom stereocenters. The van der Waals surface area contributed by atoms with Gasteiger partial charge in [-0.15, -0.1) is 0 Å². The highest BCUT2D eigenvalue weighted by atomic mass is 16.6. The normalized spacial score (nSPS) is 11.9. The molecule has 1 aromatic carbocycles. The third-order valence-electron chi connectivity index (χ3n) is 2.59. The molecule has 0 saturated heterocycles. The predicted octanol–water partition coefficient (Wildman–Crippen LogP) is 1.62. The van der Waals surface area contributed by atoms with Crippen molar-refractivity contribution in [3.8, 4) is 0 Å². The first-order chi connectivity index (χ1) is 8.65. The molecule has 0 heterocycles. The number of carbonyl (C=O) groups is 2. The molecule has 4 heteroatoms. The molecule has 98 valence electrons. The Balaban J connectivity index is 2.60. The average Bonchev–Trinajstić information content (AvgIpc) is 2.37. The lowest BCUT2D eigenvalue weighted by molar-refractivity contribution is -0.152. The van der Waals surface area contributed by atoms with Crippen molar-refractivity contribution in [3.63, 3.8) is 0 Å². The number of ketones is 1. The second-order valence-electron chi connectivity index (χ2n) is 4.01. The van der Waals surface area contributed by atoms with Gasteiger partial charge in [0.2, 0.25) is 0 Å². The van der Waals surface area contributed by atoms with Crippen molar-refractivity contribution in [1.29, 1.82) is 0 Å². The zero-order valence-corrected chi connectivity index (χ0v) is 10.7. The van der Waals surface area contributed by atoms with E-state index in [4.69, 9.17) is 9.47 Å². The molecular formula is C14H18O4. The molecule has 0 aromatic heterocycles. The Labute approximate surface area is 107 Å². The van der Waals surface area contributed by atoms with Crippen molar-refractivity contribution in [3.05, 3.63) is 35.9 Å². The van der Waals surface area contributed by atoms with E-state index in [1.165, 1.54) is 14.0 Å². The van der Waals surface area contributed by atoms with Gasteiger partial charge < -0.3 is 9.47 Å². The molecule has 0 amide bonds. The molecule has 1 unspecified atom stereocenters. The topological polar surface area (TPSA) is 52.6 Å². The Morgan fingerprint density at radius 3 is 2.39 bits per heavy atom. The molecule has 0 spiro atoms. The lowest BCUT2D eigenvalue weighted by atomic mass is 9.96. The second kappa shape index (κ2) is 7.61. The Bertz CT molecular complexity index is 386. The van der Waals surface area contributed by atoms with Crippen molar-refractivity contribution < 1.29 is 19.1 Å². The van der Waals surface area contributed by atoms with E-state index in [0.717, 1.165) is 5.56 Å². The fraction of sp³-hybridized carbons (Fsp3) is 0.429. The first kappa shape index (κ1) is 14.4. The van der Waals surface area contributed by atoms with Crippen LogP contribution in [0.1, 0.15) is 12.5 Å². The molecule has 1 rings (SSSR count). The van der Waals surface area contributed by atoms with Gasteiger partial charge in [0.05, 0.1) is 6.61 Å². The number of benzene rings is 1. The third kappa shape index (κ3) is 4.67. The van der Waals surface area contributed by atoms with E-state index < -0.39 is 11.9 Å². The highest BCUT2D eigenvalue weighted by molar-refractivity contribution is 5.98. The number of methoxy groups -OCH3 is 1. The molecule has 0 saturated carbocycles. The van der Waals surface area contributed by atoms with Crippen molar-refractivity contribution in [2.75, 3.05) is 20.3 Å². The van der Waals surface area contributed by atoms with Crippen LogP contribution in [0.4, 0.5) is 0 Å². The number of Topliss-reactive ketones (excluding diaryl/α,β-unsaturated/α-hetero) is 1. The van der Waals surface area contributed by atoms with Crippen LogP contribution in [-0.4, -0.2) is 32.1 Å². The Kier molecular flexibility index (Phi) is 6.08. The molecule has 0 radical (unpaired) electrons. The number of rotatable bonds is 7. The van der Waals surface area contributed by atoms with Crippen LogP contribution in [0.25, 0.3) is 0 Å². The highest BCUT2D eigenvalue weighted by Crippen LogP contribution is 2.11. The zero-order chi connectivity index (χ0) is 13.4. The fourth-order valence-corrected chi connectivity index (χ4v) is 1.57.